The molecule has 0 saturated carbocycles. The summed E-state index contributed by atoms with van der Waals surface area (Å²) in [6, 6.07) is 3.86. The molecule has 0 aromatic carbocycles. The standard InChI is InChI=1S/C7H11N3/c1-6-3-4-7(5-9-6)10(2)8/h3-5H,8H2,1-2H3. The first-order chi connectivity index (χ1) is 4.70. The summed E-state index contributed by atoms with van der Waals surface area (Å²) >= 11 is 0. The van der Waals surface area contributed by atoms with E-state index in [0.29, 0.717) is 0 Å². The molecule has 0 bridgehead atoms. The van der Waals surface area contributed by atoms with Gasteiger partial charge in [0.15, 0.2) is 0 Å². The summed E-state index contributed by atoms with van der Waals surface area (Å²) in [5.74, 6) is 5.46. The molecule has 0 amide bonds. The Morgan fingerprint density at radius 2 is 2.20 bits per heavy atom. The maximum Gasteiger partial charge on any atom is 0.0697 e. The lowest BCUT2D eigenvalue weighted by molar-refractivity contribution is 1.00. The Balaban J connectivity index is 2.89. The van der Waals surface area contributed by atoms with E-state index in [-0.39, 0.29) is 0 Å². The molecule has 0 aliphatic rings. The fourth-order valence-electron chi connectivity index (χ4n) is 0.669. The second-order valence-electron chi connectivity index (χ2n) is 2.27. The van der Waals surface area contributed by atoms with Crippen molar-refractivity contribution in [3.05, 3.63) is 24.0 Å². The van der Waals surface area contributed by atoms with Gasteiger partial charge in [0.1, 0.15) is 0 Å². The summed E-state index contributed by atoms with van der Waals surface area (Å²) in [6.07, 6.45) is 1.75. The van der Waals surface area contributed by atoms with Crippen molar-refractivity contribution in [1.29, 1.82) is 0 Å². The van der Waals surface area contributed by atoms with E-state index in [9.17, 15) is 0 Å². The van der Waals surface area contributed by atoms with Gasteiger partial charge >= 0.3 is 0 Å². The summed E-state index contributed by atoms with van der Waals surface area (Å²) in [5, 5.41) is 1.53. The maximum atomic E-state index is 5.46. The van der Waals surface area contributed by atoms with E-state index in [1.165, 1.54) is 5.01 Å². The summed E-state index contributed by atoms with van der Waals surface area (Å²) in [7, 11) is 1.78. The number of aryl methyl sites for hydroxylation is 1. The van der Waals surface area contributed by atoms with E-state index in [1.54, 1.807) is 13.2 Å². The average molecular weight is 137 g/mol. The normalized spacial score (nSPS) is 9.50. The van der Waals surface area contributed by atoms with Gasteiger partial charge in [-0.1, -0.05) is 0 Å². The molecule has 2 N–H and O–H groups in total. The number of hydrazine groups is 1. The molecule has 0 aliphatic heterocycles. The number of nitrogens with two attached hydrogens (primary N) is 1. The maximum absolute atomic E-state index is 5.46. The van der Waals surface area contributed by atoms with Crippen LogP contribution in [0.15, 0.2) is 18.3 Å². The molecule has 0 atom stereocenters. The fourth-order valence-corrected chi connectivity index (χ4v) is 0.669. The highest BCUT2D eigenvalue weighted by Crippen LogP contribution is 2.06. The van der Waals surface area contributed by atoms with Crippen LogP contribution in [-0.4, -0.2) is 12.0 Å². The van der Waals surface area contributed by atoms with Crippen LogP contribution in [0, 0.1) is 6.92 Å². The molecule has 3 nitrogen and oxygen atoms in total. The highest BCUT2D eigenvalue weighted by Gasteiger charge is 1.92. The summed E-state index contributed by atoms with van der Waals surface area (Å²) in [4.78, 5) is 4.08. The SMILES string of the molecule is Cc1ccc(N(C)N)cn1. The Kier molecular flexibility index (Phi) is 1.87. The number of aromatic nitrogens is 1. The summed E-state index contributed by atoms with van der Waals surface area (Å²) in [5.41, 5.74) is 1.93. The third kappa shape index (κ3) is 1.45. The average Bonchev–Trinajstić information content (AvgIpc) is 1.88. The first-order valence-electron chi connectivity index (χ1n) is 3.11. The Hall–Kier alpha value is -1.09. The lowest BCUT2D eigenvalue weighted by Gasteiger charge is -2.10. The molecule has 54 valence electrons. The third-order valence-corrected chi connectivity index (χ3v) is 1.30. The molecule has 0 spiro atoms. The molecule has 1 aromatic rings. The third-order valence-electron chi connectivity index (χ3n) is 1.30. The van der Waals surface area contributed by atoms with Crippen molar-refractivity contribution in [3.63, 3.8) is 0 Å². The van der Waals surface area contributed by atoms with Gasteiger partial charge in [-0.15, -0.1) is 0 Å². The van der Waals surface area contributed by atoms with Gasteiger partial charge in [0, 0.05) is 12.7 Å². The molecule has 1 rings (SSSR count). The van der Waals surface area contributed by atoms with Crippen LogP contribution in [-0.2, 0) is 0 Å². The van der Waals surface area contributed by atoms with Gasteiger partial charge < -0.3 is 5.01 Å². The van der Waals surface area contributed by atoms with Crippen molar-refractivity contribution in [2.24, 2.45) is 5.84 Å². The second kappa shape index (κ2) is 2.66. The lowest BCUT2D eigenvalue weighted by atomic mass is 10.3. The number of anilines is 1. The van der Waals surface area contributed by atoms with Crippen LogP contribution >= 0.6 is 0 Å². The minimum Gasteiger partial charge on any atom is -0.313 e. The molecule has 1 heterocycles. The van der Waals surface area contributed by atoms with Crippen LogP contribution in [0.3, 0.4) is 0 Å². The Labute approximate surface area is 60.5 Å². The van der Waals surface area contributed by atoms with Crippen LogP contribution in [0.1, 0.15) is 5.69 Å². The van der Waals surface area contributed by atoms with E-state index >= 15 is 0 Å². The van der Waals surface area contributed by atoms with Gasteiger partial charge in [-0.25, -0.2) is 5.84 Å². The molecule has 0 fully saturated rings. The first kappa shape index (κ1) is 7.02. The quantitative estimate of drug-likeness (QED) is 0.457. The van der Waals surface area contributed by atoms with Crippen molar-refractivity contribution < 1.29 is 0 Å². The van der Waals surface area contributed by atoms with Crippen LogP contribution in [0.4, 0.5) is 5.69 Å². The smallest absolute Gasteiger partial charge is 0.0697 e. The zero-order chi connectivity index (χ0) is 7.56. The first-order valence-corrected chi connectivity index (χ1v) is 3.11. The van der Waals surface area contributed by atoms with Gasteiger partial charge in [0.25, 0.3) is 0 Å². The number of pyridine rings is 1. The van der Waals surface area contributed by atoms with E-state index in [0.717, 1.165) is 11.4 Å². The lowest BCUT2D eigenvalue weighted by Crippen LogP contribution is -2.24. The summed E-state index contributed by atoms with van der Waals surface area (Å²) < 4.78 is 0. The van der Waals surface area contributed by atoms with Gasteiger partial charge in [0.05, 0.1) is 11.9 Å². The summed E-state index contributed by atoms with van der Waals surface area (Å²) in [6.45, 7) is 1.94. The van der Waals surface area contributed by atoms with Crippen LogP contribution in [0.2, 0.25) is 0 Å². The van der Waals surface area contributed by atoms with Crippen molar-refractivity contribution in [1.82, 2.24) is 4.98 Å². The molecule has 1 aromatic heterocycles. The molecule has 0 radical (unpaired) electrons. The highest BCUT2D eigenvalue weighted by molar-refractivity contribution is 5.41. The number of rotatable bonds is 1. The van der Waals surface area contributed by atoms with Crippen molar-refractivity contribution in [2.45, 2.75) is 6.92 Å². The van der Waals surface area contributed by atoms with Crippen LogP contribution in [0.25, 0.3) is 0 Å². The fraction of sp³-hybridized carbons (Fsp3) is 0.286. The largest absolute Gasteiger partial charge is 0.313 e. The topological polar surface area (TPSA) is 42.1 Å². The monoisotopic (exact) mass is 137 g/mol. The number of nitrogens with zero attached hydrogens (tertiary/aromatic N) is 2. The van der Waals surface area contributed by atoms with Gasteiger partial charge in [-0.05, 0) is 19.1 Å². The van der Waals surface area contributed by atoms with E-state index in [1.807, 2.05) is 19.1 Å². The van der Waals surface area contributed by atoms with Gasteiger partial charge in [-0.3, -0.25) is 4.98 Å². The molecule has 0 unspecified atom stereocenters. The number of hydrogen-bond acceptors (Lipinski definition) is 3. The van der Waals surface area contributed by atoms with Crippen molar-refractivity contribution >= 4 is 5.69 Å². The van der Waals surface area contributed by atoms with Crippen LogP contribution < -0.4 is 10.9 Å². The zero-order valence-corrected chi connectivity index (χ0v) is 6.20. The van der Waals surface area contributed by atoms with E-state index in [2.05, 4.69) is 4.98 Å². The molecular formula is C7H11N3. The van der Waals surface area contributed by atoms with Crippen molar-refractivity contribution in [3.8, 4) is 0 Å². The van der Waals surface area contributed by atoms with E-state index in [4.69, 9.17) is 5.84 Å². The molecule has 10 heavy (non-hydrogen) atoms. The highest BCUT2D eigenvalue weighted by atomic mass is 15.4. The predicted octanol–water partition coefficient (Wildman–Crippen LogP) is 0.700. The Morgan fingerprint density at radius 3 is 2.60 bits per heavy atom. The molecule has 3 heteroatoms. The Bertz CT molecular complexity index is 203. The number of hydrogen-bond donors (Lipinski definition) is 1. The van der Waals surface area contributed by atoms with Crippen molar-refractivity contribution in [2.75, 3.05) is 12.1 Å². The predicted molar refractivity (Wildman–Crippen MR) is 41.6 cm³/mol. The molecule has 0 saturated heterocycles. The molecule has 0 aliphatic carbocycles. The Morgan fingerprint density at radius 1 is 1.50 bits per heavy atom. The van der Waals surface area contributed by atoms with E-state index < -0.39 is 0 Å². The van der Waals surface area contributed by atoms with Gasteiger partial charge in [0.2, 0.25) is 0 Å². The zero-order valence-electron chi connectivity index (χ0n) is 6.20. The second-order valence-corrected chi connectivity index (χ2v) is 2.27. The minimum absolute atomic E-state index is 0.922. The minimum atomic E-state index is 0.922. The molecular weight excluding hydrogens is 126 g/mol. The van der Waals surface area contributed by atoms with Crippen LogP contribution in [0.5, 0.6) is 0 Å². The van der Waals surface area contributed by atoms with Gasteiger partial charge in [-0.2, -0.15) is 0 Å².